The average Bonchev–Trinajstić information content (AvgIpc) is 3.07. The van der Waals surface area contributed by atoms with Crippen molar-refractivity contribution in [1.82, 2.24) is 14.5 Å². The number of hydrogen-bond acceptors (Lipinski definition) is 7. The van der Waals surface area contributed by atoms with Crippen LogP contribution in [0.2, 0.25) is 4.34 Å². The van der Waals surface area contributed by atoms with Crippen molar-refractivity contribution in [2.45, 2.75) is 45.3 Å². The van der Waals surface area contributed by atoms with Crippen molar-refractivity contribution in [1.29, 1.82) is 0 Å². The Hall–Kier alpha value is -1.54. The first kappa shape index (κ1) is 16.3. The molecule has 0 spiro atoms. The minimum absolute atomic E-state index is 0.123. The molecule has 9 heteroatoms. The molecule has 2 unspecified atom stereocenters. The number of carbonyl (C=O) groups excluding carboxylic acids is 3. The quantitative estimate of drug-likeness (QED) is 0.603. The molecule has 1 aliphatic heterocycles. The summed E-state index contributed by atoms with van der Waals surface area (Å²) >= 11 is 6.84. The van der Waals surface area contributed by atoms with E-state index in [9.17, 15) is 14.4 Å². The van der Waals surface area contributed by atoms with Gasteiger partial charge in [0.15, 0.2) is 0 Å². The highest BCUT2D eigenvalue weighted by atomic mass is 35.5. The highest BCUT2D eigenvalue weighted by Gasteiger charge is 2.51. The van der Waals surface area contributed by atoms with Crippen molar-refractivity contribution in [2.24, 2.45) is 11.8 Å². The number of rotatable bonds is 4. The van der Waals surface area contributed by atoms with Crippen LogP contribution in [-0.4, -0.2) is 38.3 Å². The maximum atomic E-state index is 12.4. The Bertz CT molecular complexity index is 626. The fourth-order valence-electron chi connectivity index (χ4n) is 3.22. The van der Waals surface area contributed by atoms with Gasteiger partial charge in [0.2, 0.25) is 11.8 Å². The number of amides is 2. The number of imide groups is 1. The van der Waals surface area contributed by atoms with Gasteiger partial charge in [-0.1, -0.05) is 28.9 Å². The van der Waals surface area contributed by atoms with Crippen LogP contribution in [0.1, 0.15) is 38.3 Å². The van der Waals surface area contributed by atoms with Gasteiger partial charge in [-0.05, 0) is 19.8 Å². The number of hydrogen-bond donors (Lipinski definition) is 0. The Morgan fingerprint density at radius 2 is 1.96 bits per heavy atom. The number of nitrogens with zero attached hydrogens (tertiary/aromatic N) is 3. The van der Waals surface area contributed by atoms with E-state index in [4.69, 9.17) is 16.3 Å². The molecule has 0 aromatic carbocycles. The highest BCUT2D eigenvalue weighted by molar-refractivity contribution is 7.10. The maximum Gasteiger partial charge on any atom is 0.329 e. The minimum atomic E-state index is -0.939. The van der Waals surface area contributed by atoms with Gasteiger partial charge >= 0.3 is 5.97 Å². The summed E-state index contributed by atoms with van der Waals surface area (Å²) in [5, 5.41) is 3.75. The summed E-state index contributed by atoms with van der Waals surface area (Å²) in [6.07, 6.45) is 3.32. The van der Waals surface area contributed by atoms with Crippen LogP contribution in [0.25, 0.3) is 0 Å². The molecule has 3 rings (SSSR count). The summed E-state index contributed by atoms with van der Waals surface area (Å²) in [5.41, 5.74) is 0.366. The molecule has 0 bridgehead atoms. The van der Waals surface area contributed by atoms with Crippen molar-refractivity contribution in [3.05, 3.63) is 10.0 Å². The SMILES string of the molecule is C[C@@H](C(=O)OCc1nnsc1Cl)N1C(=O)C2CCCCC2C1=O. The molecule has 124 valence electrons. The van der Waals surface area contributed by atoms with Crippen LogP contribution in [0.15, 0.2) is 0 Å². The van der Waals surface area contributed by atoms with Crippen molar-refractivity contribution < 1.29 is 19.1 Å². The van der Waals surface area contributed by atoms with Gasteiger partial charge in [0.25, 0.3) is 0 Å². The van der Waals surface area contributed by atoms with Gasteiger partial charge < -0.3 is 4.74 Å². The number of aromatic nitrogens is 2. The van der Waals surface area contributed by atoms with E-state index in [0.717, 1.165) is 29.3 Å². The molecule has 0 N–H and O–H groups in total. The standard InChI is InChI=1S/C14H16ClN3O4S/c1-7(14(21)22-6-10-11(15)23-17-16-10)18-12(19)8-4-2-3-5-9(8)13(18)20/h7-9H,2-6H2,1H3/t7-,8?,9?/m0/s1. The van der Waals surface area contributed by atoms with E-state index in [1.807, 2.05) is 0 Å². The van der Waals surface area contributed by atoms with Crippen molar-refractivity contribution in [3.8, 4) is 0 Å². The largest absolute Gasteiger partial charge is 0.457 e. The normalized spacial score (nSPS) is 25.4. The monoisotopic (exact) mass is 357 g/mol. The second-order valence-corrected chi connectivity index (χ2v) is 7.18. The molecule has 2 heterocycles. The Morgan fingerprint density at radius 3 is 2.48 bits per heavy atom. The van der Waals surface area contributed by atoms with Gasteiger partial charge in [0.05, 0.1) is 11.8 Å². The van der Waals surface area contributed by atoms with Crippen LogP contribution in [0.3, 0.4) is 0 Å². The van der Waals surface area contributed by atoms with Gasteiger partial charge in [-0.2, -0.15) is 0 Å². The number of fused-ring (bicyclic) bond motifs is 1. The average molecular weight is 358 g/mol. The topological polar surface area (TPSA) is 89.5 Å². The van der Waals surface area contributed by atoms with Crippen LogP contribution in [0, 0.1) is 11.8 Å². The second kappa shape index (κ2) is 6.52. The summed E-state index contributed by atoms with van der Waals surface area (Å²) in [4.78, 5) is 38.1. The molecule has 0 radical (unpaired) electrons. The van der Waals surface area contributed by atoms with E-state index in [-0.39, 0.29) is 30.3 Å². The van der Waals surface area contributed by atoms with E-state index < -0.39 is 12.0 Å². The van der Waals surface area contributed by atoms with E-state index >= 15 is 0 Å². The molecular formula is C14H16ClN3O4S. The summed E-state index contributed by atoms with van der Waals surface area (Å²) in [5.74, 6) is -1.70. The van der Waals surface area contributed by atoms with E-state index in [0.29, 0.717) is 22.9 Å². The van der Waals surface area contributed by atoms with Crippen molar-refractivity contribution in [2.75, 3.05) is 0 Å². The third-order valence-electron chi connectivity index (χ3n) is 4.46. The predicted molar refractivity (Wildman–Crippen MR) is 81.5 cm³/mol. The first-order chi connectivity index (χ1) is 11.0. The fraction of sp³-hybridized carbons (Fsp3) is 0.643. The number of carbonyl (C=O) groups is 3. The zero-order valence-corrected chi connectivity index (χ0v) is 14.1. The van der Waals surface area contributed by atoms with Gasteiger partial charge in [0, 0.05) is 11.5 Å². The molecule has 2 aliphatic rings. The van der Waals surface area contributed by atoms with Gasteiger partial charge in [0.1, 0.15) is 22.7 Å². The number of ether oxygens (including phenoxy) is 1. The summed E-state index contributed by atoms with van der Waals surface area (Å²) < 4.78 is 9.12. The first-order valence-corrected chi connectivity index (χ1v) is 8.66. The highest BCUT2D eigenvalue weighted by Crippen LogP contribution is 2.38. The van der Waals surface area contributed by atoms with Crippen molar-refractivity contribution >= 4 is 40.9 Å². The molecule has 1 aromatic rings. The first-order valence-electron chi connectivity index (χ1n) is 7.51. The molecular weight excluding hydrogens is 342 g/mol. The van der Waals surface area contributed by atoms with Crippen LogP contribution >= 0.6 is 23.1 Å². The lowest BCUT2D eigenvalue weighted by molar-refractivity contribution is -0.159. The predicted octanol–water partition coefficient (Wildman–Crippen LogP) is 1.80. The summed E-state index contributed by atoms with van der Waals surface area (Å²) in [6, 6.07) is -0.939. The zero-order valence-electron chi connectivity index (χ0n) is 12.5. The zero-order chi connectivity index (χ0) is 16.6. The lowest BCUT2D eigenvalue weighted by Gasteiger charge is -2.21. The lowest BCUT2D eigenvalue weighted by Crippen LogP contribution is -2.44. The third kappa shape index (κ3) is 2.97. The fourth-order valence-corrected chi connectivity index (χ4v) is 3.82. The number of likely N-dealkylation sites (tertiary alicyclic amines) is 1. The Balaban J connectivity index is 1.66. The number of esters is 1. The molecule has 1 saturated carbocycles. The van der Waals surface area contributed by atoms with E-state index in [1.165, 1.54) is 6.92 Å². The maximum absolute atomic E-state index is 12.4. The van der Waals surface area contributed by atoms with Gasteiger partial charge in [-0.25, -0.2) is 4.79 Å². The Kier molecular flexibility index (Phi) is 4.63. The van der Waals surface area contributed by atoms with Gasteiger partial charge in [-0.15, -0.1) is 5.10 Å². The second-order valence-electron chi connectivity index (χ2n) is 5.82. The Labute approximate surface area is 142 Å². The third-order valence-corrected chi connectivity index (χ3v) is 5.45. The summed E-state index contributed by atoms with van der Waals surface area (Å²) in [6.45, 7) is 1.39. The molecule has 1 aliphatic carbocycles. The molecule has 2 fully saturated rings. The molecule has 23 heavy (non-hydrogen) atoms. The van der Waals surface area contributed by atoms with Crippen LogP contribution in [0.5, 0.6) is 0 Å². The van der Waals surface area contributed by atoms with Crippen LogP contribution < -0.4 is 0 Å². The van der Waals surface area contributed by atoms with E-state index in [1.54, 1.807) is 0 Å². The van der Waals surface area contributed by atoms with Gasteiger partial charge in [-0.3, -0.25) is 14.5 Å². The molecule has 7 nitrogen and oxygen atoms in total. The van der Waals surface area contributed by atoms with E-state index in [2.05, 4.69) is 9.59 Å². The number of halogens is 1. The molecule has 1 saturated heterocycles. The molecule has 3 atom stereocenters. The minimum Gasteiger partial charge on any atom is -0.457 e. The summed E-state index contributed by atoms with van der Waals surface area (Å²) in [7, 11) is 0. The van der Waals surface area contributed by atoms with Crippen LogP contribution in [0.4, 0.5) is 0 Å². The molecule has 1 aromatic heterocycles. The smallest absolute Gasteiger partial charge is 0.329 e. The lowest BCUT2D eigenvalue weighted by atomic mass is 9.81. The van der Waals surface area contributed by atoms with Crippen LogP contribution in [-0.2, 0) is 25.7 Å². The molecule has 2 amide bonds. The van der Waals surface area contributed by atoms with Crippen molar-refractivity contribution in [3.63, 3.8) is 0 Å². The Morgan fingerprint density at radius 1 is 1.35 bits per heavy atom.